The van der Waals surface area contributed by atoms with Crippen LogP contribution in [-0.4, -0.2) is 87.5 Å². The molecule has 1 saturated heterocycles. The molecule has 0 bridgehead atoms. The lowest BCUT2D eigenvalue weighted by Gasteiger charge is -2.40. The highest BCUT2D eigenvalue weighted by Crippen LogP contribution is 2.23. The number of aliphatic hydroxyl groups is 5. The first-order valence-electron chi connectivity index (χ1n) is 32.3. The minimum atomic E-state index is -1.58. The van der Waals surface area contributed by atoms with Crippen LogP contribution in [0.5, 0.6) is 0 Å². The molecule has 1 amide bonds. The molecule has 1 fully saturated rings. The summed E-state index contributed by atoms with van der Waals surface area (Å²) in [5, 5.41) is 54.5. The van der Waals surface area contributed by atoms with Gasteiger partial charge in [-0.2, -0.15) is 0 Å². The topological polar surface area (TPSA) is 149 Å². The van der Waals surface area contributed by atoms with Crippen LogP contribution in [0.4, 0.5) is 0 Å². The molecule has 7 atom stereocenters. The SMILES string of the molecule is CC/C=C\C/C=C\C/C=C\C/C=C\CCCCCCCCCCCCCCCCCCCCCCCCCCCCC(=O)NC(COC1OC(CO)C(O)C(O)C1O)C(O)/C=C/CC/C=C/CC/C=C/CCCCCCC. The molecule has 0 saturated carbocycles. The smallest absolute Gasteiger partial charge is 0.220 e. The summed E-state index contributed by atoms with van der Waals surface area (Å²) in [6.45, 7) is 3.64. The number of aliphatic hydroxyl groups excluding tert-OH is 5. The van der Waals surface area contributed by atoms with Crippen molar-refractivity contribution in [3.05, 3.63) is 85.1 Å². The highest BCUT2D eigenvalue weighted by molar-refractivity contribution is 5.76. The van der Waals surface area contributed by atoms with E-state index in [1.807, 2.05) is 6.08 Å². The zero-order chi connectivity index (χ0) is 55.8. The summed E-state index contributed by atoms with van der Waals surface area (Å²) in [7, 11) is 0. The van der Waals surface area contributed by atoms with E-state index in [2.05, 4.69) is 92.1 Å². The van der Waals surface area contributed by atoms with Gasteiger partial charge in [-0.25, -0.2) is 0 Å². The van der Waals surface area contributed by atoms with Gasteiger partial charge in [-0.15, -0.1) is 0 Å². The summed E-state index contributed by atoms with van der Waals surface area (Å²) in [4.78, 5) is 13.1. The highest BCUT2D eigenvalue weighted by atomic mass is 16.7. The molecule has 0 spiro atoms. The van der Waals surface area contributed by atoms with Gasteiger partial charge in [0.2, 0.25) is 5.91 Å². The Kier molecular flexibility index (Phi) is 53.2. The van der Waals surface area contributed by atoms with E-state index in [9.17, 15) is 30.3 Å². The Morgan fingerprint density at radius 3 is 1.25 bits per heavy atom. The molecule has 6 N–H and O–H groups in total. The minimum Gasteiger partial charge on any atom is -0.394 e. The van der Waals surface area contributed by atoms with E-state index in [4.69, 9.17) is 9.47 Å². The standard InChI is InChI=1S/C68H121NO8/c1-3-5-7-9-11-13-15-17-19-20-21-22-23-24-25-26-27-28-29-30-31-32-33-34-35-36-37-38-39-40-41-42-44-46-48-50-52-54-56-58-64(72)69-61(60-76-68-67(75)66(74)65(73)63(59-70)77-68)62(71)57-55-53-51-49-47-45-43-18-16-14-12-10-8-6-4-2/h5,7,11,13,16-19,21-22,47,49,55,57,61-63,65-68,70-71,73-75H,3-4,6,8-10,12,14-15,20,23-46,48,50-54,56,58-60H2,1-2H3,(H,69,72)/b7-5-,13-11-,18-16+,19-17-,22-21-,49-47+,57-55+. The van der Waals surface area contributed by atoms with E-state index in [0.29, 0.717) is 6.42 Å². The summed E-state index contributed by atoms with van der Waals surface area (Å²) in [6, 6.07) is -0.829. The molecule has 9 heteroatoms. The number of nitrogens with one attached hydrogen (secondary N) is 1. The Hall–Kier alpha value is -2.63. The molecule has 1 heterocycles. The zero-order valence-electron chi connectivity index (χ0n) is 49.7. The molecule has 1 aliphatic heterocycles. The monoisotopic (exact) mass is 1080 g/mol. The molecule has 0 aliphatic carbocycles. The van der Waals surface area contributed by atoms with Crippen LogP contribution in [0.3, 0.4) is 0 Å². The largest absolute Gasteiger partial charge is 0.394 e. The third kappa shape index (κ3) is 45.8. The Balaban J connectivity index is 2.06. The lowest BCUT2D eigenvalue weighted by Crippen LogP contribution is -2.60. The Morgan fingerprint density at radius 1 is 0.455 bits per heavy atom. The molecule has 0 aromatic carbocycles. The molecule has 1 rings (SSSR count). The summed E-state index contributed by atoms with van der Waals surface area (Å²) >= 11 is 0. The van der Waals surface area contributed by atoms with Crippen molar-refractivity contribution < 1.29 is 39.8 Å². The van der Waals surface area contributed by atoms with E-state index >= 15 is 0 Å². The maximum atomic E-state index is 13.1. The van der Waals surface area contributed by atoms with E-state index in [1.165, 1.54) is 186 Å². The third-order valence-corrected chi connectivity index (χ3v) is 14.9. The number of rotatable bonds is 55. The summed E-state index contributed by atoms with van der Waals surface area (Å²) in [5.74, 6) is -0.189. The van der Waals surface area contributed by atoms with Crippen LogP contribution in [0, 0.1) is 0 Å². The fourth-order valence-electron chi connectivity index (χ4n) is 9.89. The number of ether oxygens (including phenoxy) is 2. The predicted molar refractivity (Wildman–Crippen MR) is 327 cm³/mol. The molecule has 7 unspecified atom stereocenters. The fourth-order valence-corrected chi connectivity index (χ4v) is 9.89. The van der Waals surface area contributed by atoms with Crippen molar-refractivity contribution in [2.45, 2.75) is 326 Å². The van der Waals surface area contributed by atoms with Gasteiger partial charge in [0.05, 0.1) is 25.4 Å². The second-order valence-corrected chi connectivity index (χ2v) is 22.2. The Morgan fingerprint density at radius 2 is 0.818 bits per heavy atom. The van der Waals surface area contributed by atoms with Gasteiger partial charge in [-0.3, -0.25) is 4.79 Å². The maximum Gasteiger partial charge on any atom is 0.220 e. The Bertz CT molecular complexity index is 1490. The normalized spacial score (nSPS) is 19.3. The number of hydrogen-bond acceptors (Lipinski definition) is 8. The average Bonchev–Trinajstić information content (AvgIpc) is 3.43. The van der Waals surface area contributed by atoms with Crippen LogP contribution in [0.15, 0.2) is 85.1 Å². The number of carbonyl (C=O) groups is 1. The minimum absolute atomic E-state index is 0.189. The summed E-state index contributed by atoms with van der Waals surface area (Å²) in [5.41, 5.74) is 0. The first-order chi connectivity index (χ1) is 37.8. The quantitative estimate of drug-likeness (QED) is 0.0261. The van der Waals surface area contributed by atoms with Gasteiger partial charge in [0.1, 0.15) is 24.4 Å². The van der Waals surface area contributed by atoms with Crippen LogP contribution in [0.2, 0.25) is 0 Å². The second-order valence-electron chi connectivity index (χ2n) is 22.2. The molecule has 1 aliphatic rings. The van der Waals surface area contributed by atoms with Gasteiger partial charge in [-0.05, 0) is 83.5 Å². The summed E-state index contributed by atoms with van der Waals surface area (Å²) in [6.07, 6.45) is 74.1. The van der Waals surface area contributed by atoms with Crippen LogP contribution in [0.1, 0.15) is 284 Å². The van der Waals surface area contributed by atoms with Gasteiger partial charge in [0.25, 0.3) is 0 Å². The number of hydrogen-bond donors (Lipinski definition) is 6. The van der Waals surface area contributed by atoms with Crippen molar-refractivity contribution in [1.82, 2.24) is 5.32 Å². The van der Waals surface area contributed by atoms with Crippen LogP contribution >= 0.6 is 0 Å². The fraction of sp³-hybridized carbons (Fsp3) is 0.779. The van der Waals surface area contributed by atoms with E-state index < -0.39 is 49.5 Å². The first kappa shape index (κ1) is 72.4. The molecule has 0 aromatic heterocycles. The van der Waals surface area contributed by atoms with Gasteiger partial charge in [0.15, 0.2) is 6.29 Å². The maximum absolute atomic E-state index is 13.1. The number of carbonyl (C=O) groups excluding carboxylic acids is 1. The second kappa shape index (κ2) is 56.6. The summed E-state index contributed by atoms with van der Waals surface area (Å²) < 4.78 is 11.3. The van der Waals surface area contributed by atoms with E-state index in [-0.39, 0.29) is 12.5 Å². The van der Waals surface area contributed by atoms with Gasteiger partial charge < -0.3 is 40.3 Å². The van der Waals surface area contributed by atoms with Gasteiger partial charge in [0, 0.05) is 6.42 Å². The van der Waals surface area contributed by atoms with Gasteiger partial charge >= 0.3 is 0 Å². The van der Waals surface area contributed by atoms with Crippen molar-refractivity contribution in [3.8, 4) is 0 Å². The third-order valence-electron chi connectivity index (χ3n) is 14.9. The Labute approximate surface area is 473 Å². The van der Waals surface area contributed by atoms with E-state index in [0.717, 1.165) is 77.0 Å². The van der Waals surface area contributed by atoms with Crippen molar-refractivity contribution in [2.24, 2.45) is 0 Å². The van der Waals surface area contributed by atoms with Gasteiger partial charge in [-0.1, -0.05) is 279 Å². The van der Waals surface area contributed by atoms with Crippen molar-refractivity contribution in [1.29, 1.82) is 0 Å². The lowest BCUT2D eigenvalue weighted by molar-refractivity contribution is -0.302. The molecule has 0 radical (unpaired) electrons. The van der Waals surface area contributed by atoms with Crippen molar-refractivity contribution in [2.75, 3.05) is 13.2 Å². The predicted octanol–water partition coefficient (Wildman–Crippen LogP) is 17.0. The number of allylic oxidation sites excluding steroid dienone is 13. The van der Waals surface area contributed by atoms with Crippen LogP contribution < -0.4 is 5.32 Å². The molecule has 9 nitrogen and oxygen atoms in total. The van der Waals surface area contributed by atoms with Crippen LogP contribution in [0.25, 0.3) is 0 Å². The molecular formula is C68H121NO8. The molecule has 77 heavy (non-hydrogen) atoms. The average molecular weight is 1080 g/mol. The number of amides is 1. The lowest BCUT2D eigenvalue weighted by atomic mass is 9.99. The van der Waals surface area contributed by atoms with Crippen molar-refractivity contribution >= 4 is 5.91 Å². The molecular weight excluding hydrogens is 959 g/mol. The molecule has 0 aromatic rings. The van der Waals surface area contributed by atoms with Crippen molar-refractivity contribution in [3.63, 3.8) is 0 Å². The zero-order valence-corrected chi connectivity index (χ0v) is 49.7. The van der Waals surface area contributed by atoms with E-state index in [1.54, 1.807) is 6.08 Å². The number of unbranched alkanes of at least 4 members (excludes halogenated alkanes) is 33. The molecule has 446 valence electrons. The van der Waals surface area contributed by atoms with Crippen LogP contribution in [-0.2, 0) is 14.3 Å². The first-order valence-corrected chi connectivity index (χ1v) is 32.3. The highest BCUT2D eigenvalue weighted by Gasteiger charge is 2.44.